The van der Waals surface area contributed by atoms with Crippen molar-refractivity contribution in [2.24, 2.45) is 5.92 Å². The second-order valence-corrected chi connectivity index (χ2v) is 7.12. The lowest BCUT2D eigenvalue weighted by Gasteiger charge is -2.46. The van der Waals surface area contributed by atoms with Gasteiger partial charge in [0.1, 0.15) is 0 Å². The molecule has 0 aliphatic carbocycles. The summed E-state index contributed by atoms with van der Waals surface area (Å²) in [4.78, 5) is 4.87. The average Bonchev–Trinajstić information content (AvgIpc) is 2.46. The number of nitrogens with zero attached hydrogens (tertiary/aromatic N) is 2. The fraction of sp³-hybridized carbons (Fsp3) is 0.400. The smallest absolute Gasteiger partial charge is 0.0402 e. The molecule has 2 aromatic rings. The van der Waals surface area contributed by atoms with Crippen LogP contribution in [0, 0.1) is 19.8 Å². The van der Waals surface area contributed by atoms with Crippen LogP contribution in [-0.4, -0.2) is 27.2 Å². The first-order valence-corrected chi connectivity index (χ1v) is 8.18. The van der Waals surface area contributed by atoms with Gasteiger partial charge in [-0.3, -0.25) is 0 Å². The molecule has 2 aliphatic heterocycles. The number of benzene rings is 2. The Bertz CT molecular complexity index is 673. The predicted molar refractivity (Wildman–Crippen MR) is 94.2 cm³/mol. The third-order valence-corrected chi connectivity index (χ3v) is 5.35. The lowest BCUT2D eigenvalue weighted by Crippen LogP contribution is -2.44. The van der Waals surface area contributed by atoms with E-state index in [0.717, 1.165) is 13.1 Å². The molecule has 114 valence electrons. The zero-order valence-corrected chi connectivity index (χ0v) is 13.9. The number of aryl methyl sites for hydroxylation is 2. The second kappa shape index (κ2) is 4.77. The summed E-state index contributed by atoms with van der Waals surface area (Å²) in [5.74, 6) is 1.20. The van der Waals surface area contributed by atoms with E-state index in [1.165, 1.54) is 33.6 Å². The third kappa shape index (κ3) is 1.93. The Morgan fingerprint density at radius 2 is 1.23 bits per heavy atom. The van der Waals surface area contributed by atoms with Crippen LogP contribution in [0.4, 0.5) is 11.4 Å². The van der Waals surface area contributed by atoms with Gasteiger partial charge in [-0.05, 0) is 37.1 Å². The molecule has 0 amide bonds. The molecule has 0 spiro atoms. The van der Waals surface area contributed by atoms with Crippen molar-refractivity contribution < 1.29 is 0 Å². The molecule has 0 atom stereocenters. The zero-order chi connectivity index (χ0) is 15.4. The van der Waals surface area contributed by atoms with Crippen LogP contribution in [0.25, 0.3) is 0 Å². The molecule has 0 unspecified atom stereocenters. The summed E-state index contributed by atoms with van der Waals surface area (Å²) in [7, 11) is 4.46. The van der Waals surface area contributed by atoms with E-state index in [2.05, 4.69) is 74.1 Å². The van der Waals surface area contributed by atoms with Gasteiger partial charge in [0, 0.05) is 50.4 Å². The van der Waals surface area contributed by atoms with Gasteiger partial charge < -0.3 is 9.80 Å². The highest BCUT2D eigenvalue weighted by Crippen LogP contribution is 2.48. The van der Waals surface area contributed by atoms with Crippen molar-refractivity contribution in [2.45, 2.75) is 19.8 Å². The van der Waals surface area contributed by atoms with E-state index in [1.807, 2.05) is 0 Å². The second-order valence-electron chi connectivity index (χ2n) is 7.12. The van der Waals surface area contributed by atoms with E-state index in [4.69, 9.17) is 0 Å². The quantitative estimate of drug-likeness (QED) is 0.725. The van der Waals surface area contributed by atoms with E-state index in [9.17, 15) is 0 Å². The molecule has 4 rings (SSSR count). The maximum Gasteiger partial charge on any atom is 0.0402 e. The summed E-state index contributed by atoms with van der Waals surface area (Å²) >= 11 is 0. The molecule has 0 N–H and O–H groups in total. The van der Waals surface area contributed by atoms with Crippen LogP contribution < -0.4 is 9.80 Å². The molecule has 2 heterocycles. The van der Waals surface area contributed by atoms with Crippen LogP contribution in [0.3, 0.4) is 0 Å². The number of hydrogen-bond acceptors (Lipinski definition) is 2. The molecular formula is C20H24N2. The Morgan fingerprint density at radius 3 is 1.68 bits per heavy atom. The van der Waals surface area contributed by atoms with Gasteiger partial charge in [0.2, 0.25) is 0 Å². The van der Waals surface area contributed by atoms with Crippen molar-refractivity contribution in [1.29, 1.82) is 0 Å². The van der Waals surface area contributed by atoms with E-state index in [-0.39, 0.29) is 0 Å². The lowest BCUT2D eigenvalue weighted by molar-refractivity contribution is 0.435. The van der Waals surface area contributed by atoms with Gasteiger partial charge in [-0.15, -0.1) is 0 Å². The van der Waals surface area contributed by atoms with Crippen molar-refractivity contribution >= 4 is 11.4 Å². The van der Waals surface area contributed by atoms with E-state index in [1.54, 1.807) is 0 Å². The first-order valence-electron chi connectivity index (χ1n) is 8.18. The average molecular weight is 292 g/mol. The molecule has 0 radical (unpaired) electrons. The summed E-state index contributed by atoms with van der Waals surface area (Å²) in [6.07, 6.45) is 0. The molecule has 22 heavy (non-hydrogen) atoms. The lowest BCUT2D eigenvalue weighted by atomic mass is 9.73. The van der Waals surface area contributed by atoms with Gasteiger partial charge in [-0.1, -0.05) is 35.4 Å². The summed E-state index contributed by atoms with van der Waals surface area (Å²) in [6.45, 7) is 6.68. The standard InChI is InChI=1S/C20H24N2/c1-13-5-7-18-16(9-13)20-15(11-21(18)3)12-22(4)19-8-6-14(2)10-17(19)20/h5-10,15,20H,11-12H2,1-4H3. The van der Waals surface area contributed by atoms with Gasteiger partial charge >= 0.3 is 0 Å². The fourth-order valence-electron chi connectivity index (χ4n) is 4.39. The van der Waals surface area contributed by atoms with Crippen LogP contribution in [0.5, 0.6) is 0 Å². The first-order chi connectivity index (χ1) is 10.5. The number of anilines is 2. The Labute approximate surface area is 133 Å². The van der Waals surface area contributed by atoms with Crippen molar-refractivity contribution in [2.75, 3.05) is 37.0 Å². The highest BCUT2D eigenvalue weighted by atomic mass is 15.2. The fourth-order valence-corrected chi connectivity index (χ4v) is 4.39. The Hall–Kier alpha value is -1.96. The summed E-state index contributed by atoms with van der Waals surface area (Å²) in [6, 6.07) is 13.9. The first kappa shape index (κ1) is 13.7. The number of rotatable bonds is 0. The molecule has 0 aromatic heterocycles. The molecule has 0 saturated carbocycles. The third-order valence-electron chi connectivity index (χ3n) is 5.35. The van der Waals surface area contributed by atoms with Crippen LogP contribution in [0.1, 0.15) is 28.2 Å². The largest absolute Gasteiger partial charge is 0.374 e. The van der Waals surface area contributed by atoms with Crippen molar-refractivity contribution in [3.05, 3.63) is 58.7 Å². The van der Waals surface area contributed by atoms with Crippen LogP contribution >= 0.6 is 0 Å². The van der Waals surface area contributed by atoms with Gasteiger partial charge in [0.15, 0.2) is 0 Å². The SMILES string of the molecule is Cc1ccc2c(c1)C1c3cc(C)ccc3N(C)CC1CN2C. The summed E-state index contributed by atoms with van der Waals surface area (Å²) in [5, 5.41) is 0. The van der Waals surface area contributed by atoms with Gasteiger partial charge in [-0.25, -0.2) is 0 Å². The maximum absolute atomic E-state index is 2.44. The van der Waals surface area contributed by atoms with Crippen LogP contribution in [-0.2, 0) is 0 Å². The molecule has 0 fully saturated rings. The Balaban J connectivity index is 1.95. The Morgan fingerprint density at radius 1 is 0.773 bits per heavy atom. The molecular weight excluding hydrogens is 268 g/mol. The van der Waals surface area contributed by atoms with Crippen LogP contribution in [0.15, 0.2) is 36.4 Å². The highest BCUT2D eigenvalue weighted by Gasteiger charge is 2.38. The van der Waals surface area contributed by atoms with Gasteiger partial charge in [0.25, 0.3) is 0 Å². The molecule has 0 saturated heterocycles. The number of fused-ring (bicyclic) bond motifs is 5. The molecule has 2 aliphatic rings. The number of hydrogen-bond donors (Lipinski definition) is 0. The normalized spacial score (nSPS) is 22.9. The highest BCUT2D eigenvalue weighted by molar-refractivity contribution is 5.67. The molecule has 2 aromatic carbocycles. The van der Waals surface area contributed by atoms with Gasteiger partial charge in [-0.2, -0.15) is 0 Å². The predicted octanol–water partition coefficient (Wildman–Crippen LogP) is 3.95. The van der Waals surface area contributed by atoms with Crippen LogP contribution in [0.2, 0.25) is 0 Å². The minimum absolute atomic E-state index is 0.539. The topological polar surface area (TPSA) is 6.48 Å². The van der Waals surface area contributed by atoms with Crippen molar-refractivity contribution in [1.82, 2.24) is 0 Å². The minimum atomic E-state index is 0.539. The minimum Gasteiger partial charge on any atom is -0.374 e. The molecule has 0 bridgehead atoms. The van der Waals surface area contributed by atoms with Gasteiger partial charge in [0.05, 0.1) is 0 Å². The molecule has 2 heteroatoms. The molecule has 2 nitrogen and oxygen atoms in total. The van der Waals surface area contributed by atoms with E-state index >= 15 is 0 Å². The monoisotopic (exact) mass is 292 g/mol. The van der Waals surface area contributed by atoms with E-state index < -0.39 is 0 Å². The summed E-state index contributed by atoms with van der Waals surface area (Å²) < 4.78 is 0. The van der Waals surface area contributed by atoms with E-state index in [0.29, 0.717) is 11.8 Å². The maximum atomic E-state index is 2.44. The zero-order valence-electron chi connectivity index (χ0n) is 13.9. The van der Waals surface area contributed by atoms with Crippen molar-refractivity contribution in [3.8, 4) is 0 Å². The van der Waals surface area contributed by atoms with Crippen molar-refractivity contribution in [3.63, 3.8) is 0 Å². The summed E-state index contributed by atoms with van der Waals surface area (Å²) in [5.41, 5.74) is 8.56. The Kier molecular flexibility index (Phi) is 2.97.